The highest BCUT2D eigenvalue weighted by Crippen LogP contribution is 2.07. The van der Waals surface area contributed by atoms with Crippen molar-refractivity contribution in [1.82, 2.24) is 5.01 Å². The lowest BCUT2D eigenvalue weighted by Crippen LogP contribution is -2.27. The Morgan fingerprint density at radius 2 is 2.25 bits per heavy atom. The van der Waals surface area contributed by atoms with Gasteiger partial charge in [0, 0.05) is 0 Å². The van der Waals surface area contributed by atoms with Gasteiger partial charge in [-0.3, -0.25) is 0 Å². The Hall–Kier alpha value is -0.650. The highest BCUT2D eigenvalue weighted by atomic mass is 32.2. The molecule has 0 atom stereocenters. The van der Waals surface area contributed by atoms with Crippen molar-refractivity contribution in [2.75, 3.05) is 25.3 Å². The Balaban J connectivity index is 2.24. The first-order valence-corrected chi connectivity index (χ1v) is 5.28. The molecule has 5 nitrogen and oxygen atoms in total. The Kier molecular flexibility index (Phi) is 3.99. The molecule has 0 amide bonds. The second-order valence-corrected chi connectivity index (χ2v) is 3.34. The fraction of sp³-hybridized carbons (Fsp3) is 1.00. The Morgan fingerprint density at radius 1 is 1.58 bits per heavy atom. The fourth-order valence-corrected chi connectivity index (χ4v) is 1.20. The molecule has 0 N–H and O–H groups in total. The van der Waals surface area contributed by atoms with Crippen LogP contribution in [-0.4, -0.2) is 35.3 Å². The van der Waals surface area contributed by atoms with Crippen molar-refractivity contribution in [2.45, 2.75) is 12.8 Å². The van der Waals surface area contributed by atoms with E-state index >= 15 is 0 Å². The van der Waals surface area contributed by atoms with Crippen LogP contribution >= 0.6 is 11.8 Å². The highest BCUT2D eigenvalue weighted by Gasteiger charge is 2.18. The molecule has 1 aliphatic heterocycles. The minimum absolute atomic E-state index is 0.423. The summed E-state index contributed by atoms with van der Waals surface area (Å²) in [4.78, 5) is 5.26. The van der Waals surface area contributed by atoms with Gasteiger partial charge < -0.3 is 10.0 Å². The number of hydrogen-bond acceptors (Lipinski definition) is 4. The molecule has 0 unspecified atom stereocenters. The van der Waals surface area contributed by atoms with Crippen molar-refractivity contribution >= 4 is 11.8 Å². The molecule has 1 heterocycles. The molecule has 1 aliphatic rings. The van der Waals surface area contributed by atoms with E-state index in [2.05, 4.69) is 5.28 Å². The van der Waals surface area contributed by atoms with Gasteiger partial charge in [0.05, 0.1) is 18.1 Å². The molecule has 0 aliphatic carbocycles. The van der Waals surface area contributed by atoms with Crippen molar-refractivity contribution in [1.29, 1.82) is 0 Å². The van der Waals surface area contributed by atoms with Crippen LogP contribution in [0.25, 0.3) is 0 Å². The van der Waals surface area contributed by atoms with E-state index in [0.29, 0.717) is 10.9 Å². The van der Waals surface area contributed by atoms with Gasteiger partial charge in [0.15, 0.2) is 5.94 Å². The van der Waals surface area contributed by atoms with Crippen LogP contribution in [0.4, 0.5) is 0 Å². The van der Waals surface area contributed by atoms with Crippen LogP contribution in [0.3, 0.4) is 0 Å². The summed E-state index contributed by atoms with van der Waals surface area (Å²) in [7, 11) is 0. The van der Waals surface area contributed by atoms with E-state index in [-0.39, 0.29) is 0 Å². The van der Waals surface area contributed by atoms with Gasteiger partial charge >= 0.3 is 0 Å². The van der Waals surface area contributed by atoms with E-state index in [4.69, 9.17) is 4.84 Å². The molecule has 0 bridgehead atoms. The van der Waals surface area contributed by atoms with Crippen LogP contribution in [0.5, 0.6) is 0 Å². The summed E-state index contributed by atoms with van der Waals surface area (Å²) in [5.74, 6) is 0.423. The first-order valence-electron chi connectivity index (χ1n) is 3.88. The smallest absolute Gasteiger partial charge is 0.234 e. The molecule has 6 heteroatoms. The second kappa shape index (κ2) is 5.08. The van der Waals surface area contributed by atoms with E-state index in [9.17, 15) is 5.21 Å². The van der Waals surface area contributed by atoms with Gasteiger partial charge in [-0.2, -0.15) is 0 Å². The molecule has 0 spiro atoms. The van der Waals surface area contributed by atoms with Gasteiger partial charge in [-0.05, 0) is 19.1 Å². The van der Waals surface area contributed by atoms with Crippen LogP contribution in [0, 0.1) is 5.21 Å². The number of thioether (sulfide) groups is 1. The molecule has 1 saturated heterocycles. The molecule has 0 aromatic carbocycles. The number of hydrazine groups is 1. The van der Waals surface area contributed by atoms with Crippen molar-refractivity contribution < 1.29 is 9.81 Å². The average molecular weight is 191 g/mol. The summed E-state index contributed by atoms with van der Waals surface area (Å²) in [6, 6.07) is 0. The zero-order valence-electron chi connectivity index (χ0n) is 7.10. The lowest BCUT2D eigenvalue weighted by atomic mass is 10.4. The van der Waals surface area contributed by atoms with E-state index in [1.54, 1.807) is 5.01 Å². The third-order valence-electron chi connectivity index (χ3n) is 1.62. The van der Waals surface area contributed by atoms with Gasteiger partial charge in [-0.15, -0.1) is 16.8 Å². The molecule has 0 aromatic rings. The Morgan fingerprint density at radius 3 is 2.83 bits per heavy atom. The first kappa shape index (κ1) is 9.44. The molecule has 0 saturated carbocycles. The molecule has 1 rings (SSSR count). The summed E-state index contributed by atoms with van der Waals surface area (Å²) < 4.78 is 0. The van der Waals surface area contributed by atoms with E-state index in [0.717, 1.165) is 25.9 Å². The topological polar surface area (TPSA) is 50.9 Å². The maximum atomic E-state index is 11.1. The number of nitrogens with zero attached hydrogens (tertiary/aromatic N) is 3. The normalized spacial score (nSPS) is 18.4. The molecular formula is C6H13N3O2S. The lowest BCUT2D eigenvalue weighted by molar-refractivity contribution is -0.706. The standard InChI is InChI=1S/C6H13N3O2S/c1-12-6-11-7-9(10)8-4-2-3-5-8/h2-6H2,1H3/b9-7+. The van der Waals surface area contributed by atoms with Crippen molar-refractivity contribution in [3.63, 3.8) is 0 Å². The molecular weight excluding hydrogens is 178 g/mol. The second-order valence-electron chi connectivity index (χ2n) is 2.53. The minimum Gasteiger partial charge on any atom is -0.569 e. The highest BCUT2D eigenvalue weighted by molar-refractivity contribution is 7.98. The monoisotopic (exact) mass is 191 g/mol. The molecule has 70 valence electrons. The summed E-state index contributed by atoms with van der Waals surface area (Å²) in [6.07, 6.45) is 4.02. The van der Waals surface area contributed by atoms with Gasteiger partial charge in [0.2, 0.25) is 5.28 Å². The van der Waals surface area contributed by atoms with Crippen molar-refractivity contribution in [3.8, 4) is 0 Å². The lowest BCUT2D eigenvalue weighted by Gasteiger charge is -2.09. The molecule has 1 fully saturated rings. The van der Waals surface area contributed by atoms with E-state index in [1.807, 2.05) is 6.26 Å². The van der Waals surface area contributed by atoms with Crippen LogP contribution in [0.2, 0.25) is 0 Å². The molecule has 0 radical (unpaired) electrons. The zero-order chi connectivity index (χ0) is 8.81. The van der Waals surface area contributed by atoms with Crippen molar-refractivity contribution in [2.24, 2.45) is 5.28 Å². The Labute approximate surface area is 75.9 Å². The van der Waals surface area contributed by atoms with Gasteiger partial charge in [-0.1, -0.05) is 0 Å². The van der Waals surface area contributed by atoms with Gasteiger partial charge in [0.25, 0.3) is 0 Å². The number of rotatable bonds is 4. The van der Waals surface area contributed by atoms with E-state index < -0.39 is 0 Å². The maximum absolute atomic E-state index is 11.1. The summed E-state index contributed by atoms with van der Waals surface area (Å²) >= 11 is 1.49. The average Bonchev–Trinajstić information content (AvgIpc) is 2.56. The first-order chi connectivity index (χ1) is 5.84. The quantitative estimate of drug-likeness (QED) is 0.220. The summed E-state index contributed by atoms with van der Waals surface area (Å²) in [5.41, 5.74) is 0. The predicted molar refractivity (Wildman–Crippen MR) is 46.3 cm³/mol. The molecule has 12 heavy (non-hydrogen) atoms. The SMILES string of the molecule is CSCO/N=[N+](/[O-])N1CCCC1. The minimum atomic E-state index is 0.423. The summed E-state index contributed by atoms with van der Waals surface area (Å²) in [6.45, 7) is 1.57. The van der Waals surface area contributed by atoms with Crippen LogP contribution in [0.1, 0.15) is 12.8 Å². The predicted octanol–water partition coefficient (Wildman–Crippen LogP) is 1.21. The van der Waals surface area contributed by atoms with Crippen LogP contribution in [0.15, 0.2) is 5.28 Å². The fourth-order valence-electron chi connectivity index (χ4n) is 1.05. The maximum Gasteiger partial charge on any atom is 0.234 e. The largest absolute Gasteiger partial charge is 0.569 e. The van der Waals surface area contributed by atoms with Gasteiger partial charge in [0.1, 0.15) is 0 Å². The van der Waals surface area contributed by atoms with Crippen molar-refractivity contribution in [3.05, 3.63) is 5.21 Å². The van der Waals surface area contributed by atoms with Crippen LogP contribution < -0.4 is 0 Å². The third kappa shape index (κ3) is 2.77. The zero-order valence-corrected chi connectivity index (χ0v) is 7.92. The van der Waals surface area contributed by atoms with E-state index in [1.165, 1.54) is 11.8 Å². The van der Waals surface area contributed by atoms with Gasteiger partial charge in [-0.25, -0.2) is 0 Å². The Bertz CT molecular complexity index is 159. The number of hydrogen-bond donors (Lipinski definition) is 0. The van der Waals surface area contributed by atoms with Crippen LogP contribution in [-0.2, 0) is 4.84 Å². The third-order valence-corrected chi connectivity index (χ3v) is 1.96. The summed E-state index contributed by atoms with van der Waals surface area (Å²) in [5, 5.41) is 16.1. The molecule has 0 aromatic heterocycles.